The SMILES string of the molecule is C=CC[C@@](C)(O)[C@H](O)[C@H](C)O[Si](C)(C(C)(C)C)C(C)(C)C. The Kier molecular flexibility index (Phi) is 6.48. The molecule has 3 nitrogen and oxygen atoms in total. The molecule has 0 unspecified atom stereocenters. The maximum absolute atomic E-state index is 10.5. The minimum atomic E-state index is -2.18. The van der Waals surface area contributed by atoms with E-state index in [1.807, 2.05) is 6.92 Å². The highest BCUT2D eigenvalue weighted by atomic mass is 28.4. The Morgan fingerprint density at radius 1 is 1.10 bits per heavy atom. The van der Waals surface area contributed by atoms with Gasteiger partial charge in [-0.3, -0.25) is 0 Å². The molecule has 0 saturated heterocycles. The Morgan fingerprint density at radius 3 is 1.76 bits per heavy atom. The fourth-order valence-corrected chi connectivity index (χ4v) is 6.66. The molecule has 0 heterocycles. The predicted molar refractivity (Wildman–Crippen MR) is 93.0 cm³/mol. The van der Waals surface area contributed by atoms with Crippen LogP contribution in [0.15, 0.2) is 12.7 Å². The minimum absolute atomic E-state index is 0.0313. The summed E-state index contributed by atoms with van der Waals surface area (Å²) < 4.78 is 6.46. The number of hydrogen-bond acceptors (Lipinski definition) is 3. The average Bonchev–Trinajstić information content (AvgIpc) is 2.24. The van der Waals surface area contributed by atoms with Gasteiger partial charge in [0.2, 0.25) is 8.32 Å². The molecule has 0 radical (unpaired) electrons. The predicted octanol–water partition coefficient (Wildman–Crippen LogP) is 4.26. The van der Waals surface area contributed by atoms with Crippen molar-refractivity contribution in [1.82, 2.24) is 0 Å². The zero-order chi connectivity index (χ0) is 17.3. The summed E-state index contributed by atoms with van der Waals surface area (Å²) in [7, 11) is -2.18. The van der Waals surface area contributed by atoms with Crippen LogP contribution in [-0.4, -0.2) is 36.3 Å². The molecular formula is C17H36O3Si. The zero-order valence-corrected chi connectivity index (χ0v) is 16.4. The Morgan fingerprint density at radius 2 is 1.48 bits per heavy atom. The summed E-state index contributed by atoms with van der Waals surface area (Å²) in [5.74, 6) is 0. The fourth-order valence-electron chi connectivity index (χ4n) is 2.83. The monoisotopic (exact) mass is 316 g/mol. The molecule has 0 aromatic carbocycles. The number of hydrogen-bond donors (Lipinski definition) is 2. The van der Waals surface area contributed by atoms with E-state index in [9.17, 15) is 10.2 Å². The molecule has 0 spiro atoms. The van der Waals surface area contributed by atoms with E-state index in [4.69, 9.17) is 4.43 Å². The number of aliphatic hydroxyl groups excluding tert-OH is 1. The van der Waals surface area contributed by atoms with Gasteiger partial charge in [0.15, 0.2) is 0 Å². The molecule has 0 bridgehead atoms. The van der Waals surface area contributed by atoms with Crippen LogP contribution in [0.4, 0.5) is 0 Å². The van der Waals surface area contributed by atoms with Crippen molar-refractivity contribution in [3.8, 4) is 0 Å². The van der Waals surface area contributed by atoms with E-state index in [0.717, 1.165) is 0 Å². The molecule has 2 N–H and O–H groups in total. The molecule has 0 amide bonds. The Labute approximate surface area is 132 Å². The molecule has 0 fully saturated rings. The van der Waals surface area contributed by atoms with E-state index in [2.05, 4.69) is 54.7 Å². The van der Waals surface area contributed by atoms with Crippen molar-refractivity contribution in [3.63, 3.8) is 0 Å². The van der Waals surface area contributed by atoms with Crippen LogP contribution >= 0.6 is 0 Å². The minimum Gasteiger partial charge on any atom is -0.411 e. The molecule has 0 aliphatic rings. The van der Waals surface area contributed by atoms with Crippen molar-refractivity contribution in [2.24, 2.45) is 0 Å². The van der Waals surface area contributed by atoms with Crippen molar-refractivity contribution in [2.75, 3.05) is 0 Å². The standard InChI is InChI=1S/C17H36O3Si/c1-11-12-17(9,19)14(18)13(2)20-21(10,15(3,4)5)16(6,7)8/h11,13-14,18-19H,1,12H2,2-10H3/t13-,14+,17+/m0/s1. The quantitative estimate of drug-likeness (QED) is 0.569. The zero-order valence-electron chi connectivity index (χ0n) is 15.4. The van der Waals surface area contributed by atoms with Gasteiger partial charge in [-0.05, 0) is 36.9 Å². The van der Waals surface area contributed by atoms with Crippen LogP contribution in [0.25, 0.3) is 0 Å². The van der Waals surface area contributed by atoms with Crippen LogP contribution in [0.5, 0.6) is 0 Å². The van der Waals surface area contributed by atoms with Crippen LogP contribution in [0.1, 0.15) is 61.8 Å². The molecule has 0 aromatic rings. The summed E-state index contributed by atoms with van der Waals surface area (Å²) >= 11 is 0. The lowest BCUT2D eigenvalue weighted by atomic mass is 9.92. The van der Waals surface area contributed by atoms with Crippen molar-refractivity contribution in [2.45, 2.75) is 96.2 Å². The molecule has 0 rings (SSSR count). The largest absolute Gasteiger partial charge is 0.411 e. The Hall–Kier alpha value is -0.163. The normalized spacial score (nSPS) is 19.8. The molecule has 0 aliphatic heterocycles. The van der Waals surface area contributed by atoms with E-state index in [1.54, 1.807) is 13.0 Å². The lowest BCUT2D eigenvalue weighted by molar-refractivity contribution is -0.105. The van der Waals surface area contributed by atoms with Gasteiger partial charge in [0.25, 0.3) is 0 Å². The highest BCUT2D eigenvalue weighted by Crippen LogP contribution is 2.52. The second kappa shape index (κ2) is 6.53. The first-order chi connectivity index (χ1) is 9.10. The summed E-state index contributed by atoms with van der Waals surface area (Å²) in [5, 5.41) is 20.9. The third-order valence-electron chi connectivity index (χ3n) is 4.92. The van der Waals surface area contributed by atoms with Crippen molar-refractivity contribution >= 4 is 8.32 Å². The smallest absolute Gasteiger partial charge is 0.200 e. The summed E-state index contributed by atoms with van der Waals surface area (Å²) in [6, 6.07) is 0. The lowest BCUT2D eigenvalue weighted by Crippen LogP contribution is -2.57. The topological polar surface area (TPSA) is 49.7 Å². The van der Waals surface area contributed by atoms with Gasteiger partial charge in [-0.25, -0.2) is 0 Å². The first-order valence-electron chi connectivity index (χ1n) is 7.79. The lowest BCUT2D eigenvalue weighted by Gasteiger charge is -2.51. The maximum atomic E-state index is 10.5. The van der Waals surface area contributed by atoms with E-state index in [0.29, 0.717) is 6.42 Å². The molecule has 21 heavy (non-hydrogen) atoms. The third kappa shape index (κ3) is 4.65. The van der Waals surface area contributed by atoms with Crippen LogP contribution in [0.2, 0.25) is 16.6 Å². The first kappa shape index (κ1) is 20.8. The highest BCUT2D eigenvalue weighted by molar-refractivity contribution is 6.78. The first-order valence-corrected chi connectivity index (χ1v) is 10.2. The second-order valence-electron chi connectivity index (χ2n) is 8.65. The van der Waals surface area contributed by atoms with Crippen LogP contribution in [0.3, 0.4) is 0 Å². The highest BCUT2D eigenvalue weighted by Gasteiger charge is 2.53. The van der Waals surface area contributed by atoms with Crippen molar-refractivity contribution < 1.29 is 14.6 Å². The summed E-state index contributed by atoms with van der Waals surface area (Å²) in [6.07, 6.45) is 0.604. The third-order valence-corrected chi connectivity index (χ3v) is 11.5. The molecule has 0 saturated carbocycles. The van der Waals surface area contributed by atoms with Gasteiger partial charge in [0, 0.05) is 0 Å². The van der Waals surface area contributed by atoms with Crippen molar-refractivity contribution in [3.05, 3.63) is 12.7 Å². The number of rotatable bonds is 6. The summed E-state index contributed by atoms with van der Waals surface area (Å²) in [6.45, 7) is 22.5. The molecular weight excluding hydrogens is 280 g/mol. The summed E-state index contributed by atoms with van der Waals surface area (Å²) in [4.78, 5) is 0. The molecule has 3 atom stereocenters. The molecule has 4 heteroatoms. The molecule has 126 valence electrons. The van der Waals surface area contributed by atoms with Gasteiger partial charge in [-0.15, -0.1) is 6.58 Å². The molecule has 0 aromatic heterocycles. The van der Waals surface area contributed by atoms with Gasteiger partial charge < -0.3 is 14.6 Å². The maximum Gasteiger partial charge on any atom is 0.200 e. The van der Waals surface area contributed by atoms with Crippen molar-refractivity contribution in [1.29, 1.82) is 0 Å². The fraction of sp³-hybridized carbons (Fsp3) is 0.882. The van der Waals surface area contributed by atoms with Gasteiger partial charge in [-0.1, -0.05) is 47.6 Å². The van der Waals surface area contributed by atoms with Crippen LogP contribution in [0, 0.1) is 0 Å². The van der Waals surface area contributed by atoms with Gasteiger partial charge in [-0.2, -0.15) is 0 Å². The van der Waals surface area contributed by atoms with Crippen LogP contribution in [-0.2, 0) is 4.43 Å². The van der Waals surface area contributed by atoms with Crippen LogP contribution < -0.4 is 0 Å². The Bertz CT molecular complexity index is 336. The molecule has 0 aliphatic carbocycles. The van der Waals surface area contributed by atoms with E-state index < -0.39 is 26.1 Å². The van der Waals surface area contributed by atoms with Gasteiger partial charge in [0.1, 0.15) is 6.10 Å². The van der Waals surface area contributed by atoms with E-state index in [1.165, 1.54) is 0 Å². The second-order valence-corrected chi connectivity index (χ2v) is 14.0. The van der Waals surface area contributed by atoms with Gasteiger partial charge >= 0.3 is 0 Å². The number of aliphatic hydroxyl groups is 2. The Balaban J connectivity index is 5.35. The summed E-state index contributed by atoms with van der Waals surface area (Å²) in [5.41, 5.74) is -1.22. The average molecular weight is 317 g/mol. The van der Waals surface area contributed by atoms with E-state index in [-0.39, 0.29) is 10.1 Å². The van der Waals surface area contributed by atoms with E-state index >= 15 is 0 Å². The van der Waals surface area contributed by atoms with Gasteiger partial charge in [0.05, 0.1) is 11.7 Å².